The van der Waals surface area contributed by atoms with Gasteiger partial charge in [-0.1, -0.05) is 11.6 Å². The third kappa shape index (κ3) is 4.54. The van der Waals surface area contributed by atoms with E-state index in [-0.39, 0.29) is 43.5 Å². The van der Waals surface area contributed by atoms with Crippen LogP contribution in [0.25, 0.3) is 0 Å². The van der Waals surface area contributed by atoms with Gasteiger partial charge >= 0.3 is 0 Å². The Morgan fingerprint density at radius 2 is 2.07 bits per heavy atom. The van der Waals surface area contributed by atoms with E-state index in [4.69, 9.17) is 26.9 Å². The Bertz CT molecular complexity index is 930. The van der Waals surface area contributed by atoms with Crippen LogP contribution in [0.4, 0.5) is 4.39 Å². The fourth-order valence-corrected chi connectivity index (χ4v) is 3.28. The number of aliphatic hydroxyl groups excluding tert-OH is 1. The molecule has 0 spiro atoms. The van der Waals surface area contributed by atoms with E-state index in [9.17, 15) is 9.18 Å². The van der Waals surface area contributed by atoms with Crippen molar-refractivity contribution in [2.75, 3.05) is 26.3 Å². The summed E-state index contributed by atoms with van der Waals surface area (Å²) in [6.07, 6.45) is 0.368. The van der Waals surface area contributed by atoms with Crippen molar-refractivity contribution in [1.82, 2.24) is 14.9 Å². The molecule has 0 aliphatic carbocycles. The quantitative estimate of drug-likeness (QED) is 0.700. The molecule has 1 aromatic heterocycles. The van der Waals surface area contributed by atoms with Crippen LogP contribution in [0.5, 0.6) is 5.75 Å². The maximum Gasteiger partial charge on any atom is 0.257 e. The summed E-state index contributed by atoms with van der Waals surface area (Å²) in [6.45, 7) is 4.01. The summed E-state index contributed by atoms with van der Waals surface area (Å²) in [7, 11) is 0. The van der Waals surface area contributed by atoms with Gasteiger partial charge in [-0.2, -0.15) is 0 Å². The lowest BCUT2D eigenvalue weighted by atomic mass is 10.1. The van der Waals surface area contributed by atoms with E-state index in [0.717, 1.165) is 6.07 Å². The molecule has 0 saturated carbocycles. The molecule has 1 aliphatic rings. The van der Waals surface area contributed by atoms with Gasteiger partial charge < -0.3 is 20.2 Å². The van der Waals surface area contributed by atoms with E-state index in [1.807, 2.05) is 0 Å². The highest BCUT2D eigenvalue weighted by Crippen LogP contribution is 2.28. The lowest BCUT2D eigenvalue weighted by molar-refractivity contribution is 0.0790. The summed E-state index contributed by atoms with van der Waals surface area (Å²) in [5.41, 5.74) is 1.79. The predicted octanol–water partition coefficient (Wildman–Crippen LogP) is 2.91. The van der Waals surface area contributed by atoms with Crippen molar-refractivity contribution in [3.8, 4) is 5.75 Å². The van der Waals surface area contributed by atoms with Gasteiger partial charge in [0.25, 0.3) is 5.91 Å². The summed E-state index contributed by atoms with van der Waals surface area (Å²) < 4.78 is 19.1. The highest BCUT2D eigenvalue weighted by Gasteiger charge is 2.35. The van der Waals surface area contributed by atoms with E-state index in [0.29, 0.717) is 34.4 Å². The Balaban J connectivity index is 1.82. The zero-order valence-electron chi connectivity index (χ0n) is 16.2. The smallest absolute Gasteiger partial charge is 0.257 e. The van der Waals surface area contributed by atoms with Crippen molar-refractivity contribution < 1.29 is 19.0 Å². The molecular weight excluding hydrogens is 399 g/mol. The van der Waals surface area contributed by atoms with Crippen LogP contribution in [0.2, 0.25) is 5.02 Å². The molecule has 1 aromatic carbocycles. The van der Waals surface area contributed by atoms with Gasteiger partial charge in [0.1, 0.15) is 17.4 Å². The summed E-state index contributed by atoms with van der Waals surface area (Å²) in [5, 5.41) is 17.7. The summed E-state index contributed by atoms with van der Waals surface area (Å²) in [5.74, 6) is -0.726. The number of amides is 1. The molecule has 1 aliphatic heterocycles. The Morgan fingerprint density at radius 3 is 2.72 bits per heavy atom. The van der Waals surface area contributed by atoms with E-state index in [1.165, 1.54) is 17.0 Å². The Hall–Kier alpha value is -2.58. The molecule has 1 atom stereocenters. The fraction of sp³-hybridized carbons (Fsp3) is 0.400. The number of halogens is 2. The number of rotatable bonds is 6. The predicted molar refractivity (Wildman–Crippen MR) is 106 cm³/mol. The lowest BCUT2D eigenvalue weighted by Crippen LogP contribution is -2.29. The molecule has 1 amide bonds. The standard InChI is InChI=1S/C20H22ClFN4O3/c1-11-18(21)12(2)25-19(24-11)15-9-26(10-16(15)23)20(28)14-5-4-13(22)8-17(14)29-7-3-6-27/h4-5,8,15,23,27H,3,6-7,9-10H2,1-2H3. The highest BCUT2D eigenvalue weighted by molar-refractivity contribution is 6.31. The molecule has 0 radical (unpaired) electrons. The minimum absolute atomic E-state index is 0.0660. The van der Waals surface area contributed by atoms with Crippen LogP contribution >= 0.6 is 11.6 Å². The number of aliphatic hydroxyl groups is 1. The van der Waals surface area contributed by atoms with E-state index >= 15 is 0 Å². The summed E-state index contributed by atoms with van der Waals surface area (Å²) in [4.78, 5) is 23.3. The fourth-order valence-electron chi connectivity index (χ4n) is 3.20. The molecule has 7 nitrogen and oxygen atoms in total. The van der Waals surface area contributed by atoms with Gasteiger partial charge in [0.2, 0.25) is 0 Å². The normalized spacial score (nSPS) is 16.4. The number of nitrogens with zero attached hydrogens (tertiary/aromatic N) is 3. The summed E-state index contributed by atoms with van der Waals surface area (Å²) >= 11 is 6.13. The molecule has 0 bridgehead atoms. The van der Waals surface area contributed by atoms with Crippen LogP contribution in [0.3, 0.4) is 0 Å². The second-order valence-corrected chi connectivity index (χ2v) is 7.27. The average molecular weight is 421 g/mol. The molecule has 2 N–H and O–H groups in total. The molecule has 1 saturated heterocycles. The van der Waals surface area contributed by atoms with Gasteiger partial charge in [-0.05, 0) is 26.0 Å². The van der Waals surface area contributed by atoms with Crippen molar-refractivity contribution in [2.45, 2.75) is 26.2 Å². The summed E-state index contributed by atoms with van der Waals surface area (Å²) in [6, 6.07) is 3.72. The van der Waals surface area contributed by atoms with Gasteiger partial charge in [-0.3, -0.25) is 4.79 Å². The van der Waals surface area contributed by atoms with Crippen LogP contribution in [0.1, 0.15) is 39.9 Å². The number of likely N-dealkylation sites (tertiary alicyclic amines) is 1. The monoisotopic (exact) mass is 420 g/mol. The third-order valence-electron chi connectivity index (χ3n) is 4.72. The average Bonchev–Trinajstić information content (AvgIpc) is 3.07. The third-order valence-corrected chi connectivity index (χ3v) is 5.26. The van der Waals surface area contributed by atoms with E-state index < -0.39 is 11.7 Å². The molecular formula is C20H22ClFN4O3. The lowest BCUT2D eigenvalue weighted by Gasteiger charge is -2.18. The number of carbonyl (C=O) groups excluding carboxylic acids is 1. The van der Waals surface area contributed by atoms with Crippen molar-refractivity contribution in [1.29, 1.82) is 5.41 Å². The van der Waals surface area contributed by atoms with Crippen LogP contribution in [-0.4, -0.2) is 57.9 Å². The molecule has 9 heteroatoms. The van der Waals surface area contributed by atoms with Crippen LogP contribution in [-0.2, 0) is 0 Å². The molecule has 1 fully saturated rings. The topological polar surface area (TPSA) is 99.4 Å². The largest absolute Gasteiger partial charge is 0.493 e. The Labute approximate surface area is 173 Å². The van der Waals surface area contributed by atoms with E-state index in [1.54, 1.807) is 13.8 Å². The molecule has 29 heavy (non-hydrogen) atoms. The first-order valence-corrected chi connectivity index (χ1v) is 9.60. The van der Waals surface area contributed by atoms with Gasteiger partial charge in [-0.15, -0.1) is 0 Å². The van der Waals surface area contributed by atoms with Gasteiger partial charge in [0, 0.05) is 31.4 Å². The van der Waals surface area contributed by atoms with Crippen molar-refractivity contribution in [3.63, 3.8) is 0 Å². The zero-order valence-corrected chi connectivity index (χ0v) is 17.0. The van der Waals surface area contributed by atoms with E-state index in [2.05, 4.69) is 9.97 Å². The number of hydrogen-bond donors (Lipinski definition) is 2. The SMILES string of the molecule is Cc1nc(C2CN(C(=O)c3ccc(F)cc3OCCCO)CC2=N)nc(C)c1Cl. The number of benzene rings is 1. The first-order valence-electron chi connectivity index (χ1n) is 9.22. The van der Waals surface area contributed by atoms with Crippen LogP contribution in [0, 0.1) is 25.1 Å². The number of nitrogens with one attached hydrogen (secondary N) is 1. The minimum Gasteiger partial charge on any atom is -0.493 e. The molecule has 2 aromatic rings. The highest BCUT2D eigenvalue weighted by atomic mass is 35.5. The van der Waals surface area contributed by atoms with Crippen molar-refractivity contribution >= 4 is 23.2 Å². The second kappa shape index (κ2) is 8.84. The van der Waals surface area contributed by atoms with Gasteiger partial charge in [0.05, 0.1) is 41.0 Å². The molecule has 1 unspecified atom stereocenters. The zero-order chi connectivity index (χ0) is 21.1. The molecule has 2 heterocycles. The van der Waals surface area contributed by atoms with Crippen LogP contribution in [0.15, 0.2) is 18.2 Å². The number of hydrogen-bond acceptors (Lipinski definition) is 6. The molecule has 3 rings (SSSR count). The number of aromatic nitrogens is 2. The van der Waals surface area contributed by atoms with Gasteiger partial charge in [0.15, 0.2) is 0 Å². The second-order valence-electron chi connectivity index (χ2n) is 6.90. The Morgan fingerprint density at radius 1 is 1.38 bits per heavy atom. The number of carbonyl (C=O) groups is 1. The first-order chi connectivity index (χ1) is 13.8. The van der Waals surface area contributed by atoms with Crippen molar-refractivity contribution in [3.05, 3.63) is 51.8 Å². The van der Waals surface area contributed by atoms with Gasteiger partial charge in [-0.25, -0.2) is 14.4 Å². The Kier molecular flexibility index (Phi) is 6.44. The first kappa shape index (κ1) is 21.1. The maximum atomic E-state index is 13.6. The maximum absolute atomic E-state index is 13.6. The minimum atomic E-state index is -0.520. The molecule has 154 valence electrons. The number of ether oxygens (including phenoxy) is 1. The van der Waals surface area contributed by atoms with Crippen LogP contribution < -0.4 is 4.74 Å². The number of aryl methyl sites for hydroxylation is 2. The van der Waals surface area contributed by atoms with Crippen molar-refractivity contribution in [2.24, 2.45) is 0 Å².